The SMILES string of the molecule is COC(=O)c1c(NC(=O)C2CC2)sc(C(=O)Nc2cccc(Cl)c2C)c1C. The number of benzene rings is 1. The highest BCUT2D eigenvalue weighted by molar-refractivity contribution is 7.19. The van der Waals surface area contributed by atoms with Crippen molar-refractivity contribution in [3.05, 3.63) is 44.8 Å². The Balaban J connectivity index is 1.93. The third kappa shape index (κ3) is 3.99. The minimum Gasteiger partial charge on any atom is -0.465 e. The first-order valence-electron chi connectivity index (χ1n) is 8.42. The molecule has 0 bridgehead atoms. The fourth-order valence-electron chi connectivity index (χ4n) is 2.65. The number of hydrogen-bond donors (Lipinski definition) is 2. The van der Waals surface area contributed by atoms with Gasteiger partial charge in [-0.15, -0.1) is 11.3 Å². The van der Waals surface area contributed by atoms with Crippen LogP contribution in [0.15, 0.2) is 18.2 Å². The average Bonchev–Trinajstić information content (AvgIpc) is 3.43. The van der Waals surface area contributed by atoms with Crippen LogP contribution in [-0.2, 0) is 9.53 Å². The van der Waals surface area contributed by atoms with Crippen molar-refractivity contribution in [2.75, 3.05) is 17.7 Å². The molecule has 0 unspecified atom stereocenters. The van der Waals surface area contributed by atoms with Crippen LogP contribution in [0.2, 0.25) is 5.02 Å². The smallest absolute Gasteiger partial charge is 0.341 e. The molecule has 6 nitrogen and oxygen atoms in total. The lowest BCUT2D eigenvalue weighted by atomic mass is 10.1. The van der Waals surface area contributed by atoms with Gasteiger partial charge in [0.25, 0.3) is 5.91 Å². The second kappa shape index (κ2) is 7.70. The minimum absolute atomic E-state index is 0.0238. The van der Waals surface area contributed by atoms with Crippen molar-refractivity contribution in [2.24, 2.45) is 5.92 Å². The lowest BCUT2D eigenvalue weighted by Gasteiger charge is -2.09. The van der Waals surface area contributed by atoms with Crippen molar-refractivity contribution in [1.29, 1.82) is 0 Å². The minimum atomic E-state index is -0.590. The van der Waals surface area contributed by atoms with Gasteiger partial charge in [-0.1, -0.05) is 17.7 Å². The van der Waals surface area contributed by atoms with Crippen LogP contribution in [0, 0.1) is 19.8 Å². The highest BCUT2D eigenvalue weighted by Gasteiger charge is 2.32. The Kier molecular flexibility index (Phi) is 5.53. The maximum Gasteiger partial charge on any atom is 0.341 e. The van der Waals surface area contributed by atoms with Gasteiger partial charge in [-0.25, -0.2) is 4.79 Å². The molecule has 1 aromatic carbocycles. The van der Waals surface area contributed by atoms with Crippen LogP contribution < -0.4 is 10.6 Å². The van der Waals surface area contributed by atoms with E-state index in [1.165, 1.54) is 7.11 Å². The number of carbonyl (C=O) groups is 3. The van der Waals surface area contributed by atoms with Crippen molar-refractivity contribution in [2.45, 2.75) is 26.7 Å². The number of halogens is 1. The topological polar surface area (TPSA) is 84.5 Å². The van der Waals surface area contributed by atoms with Crippen LogP contribution in [0.5, 0.6) is 0 Å². The van der Waals surface area contributed by atoms with E-state index in [1.807, 2.05) is 0 Å². The summed E-state index contributed by atoms with van der Waals surface area (Å²) in [6.07, 6.45) is 1.68. The molecule has 1 aliphatic rings. The summed E-state index contributed by atoms with van der Waals surface area (Å²) in [4.78, 5) is 37.5. The number of methoxy groups -OCH3 is 1. The Morgan fingerprint density at radius 1 is 1.15 bits per heavy atom. The maximum atomic E-state index is 12.8. The van der Waals surface area contributed by atoms with E-state index in [0.717, 1.165) is 29.7 Å². The van der Waals surface area contributed by atoms with Gasteiger partial charge in [-0.05, 0) is 49.9 Å². The summed E-state index contributed by atoms with van der Waals surface area (Å²) < 4.78 is 4.83. The van der Waals surface area contributed by atoms with Crippen LogP contribution in [-0.4, -0.2) is 24.9 Å². The zero-order chi connectivity index (χ0) is 19.7. The largest absolute Gasteiger partial charge is 0.465 e. The highest BCUT2D eigenvalue weighted by atomic mass is 35.5. The van der Waals surface area contributed by atoms with Crippen molar-refractivity contribution in [1.82, 2.24) is 0 Å². The molecule has 8 heteroatoms. The molecule has 3 rings (SSSR count). The summed E-state index contributed by atoms with van der Waals surface area (Å²) in [7, 11) is 1.26. The van der Waals surface area contributed by atoms with E-state index in [4.69, 9.17) is 16.3 Å². The Morgan fingerprint density at radius 2 is 1.85 bits per heavy atom. The number of hydrogen-bond acceptors (Lipinski definition) is 5. The standard InChI is InChI=1S/C19H19ClN2O4S/c1-9-12(20)5-4-6-13(9)21-17(24)15-10(2)14(19(25)26-3)18(27-15)22-16(23)11-7-8-11/h4-6,11H,7-8H2,1-3H3,(H,21,24)(H,22,23). The predicted octanol–water partition coefficient (Wildman–Crippen LogP) is 4.41. The van der Waals surface area contributed by atoms with Crippen molar-refractivity contribution in [3.63, 3.8) is 0 Å². The molecule has 1 aromatic heterocycles. The predicted molar refractivity (Wildman–Crippen MR) is 106 cm³/mol. The lowest BCUT2D eigenvalue weighted by Crippen LogP contribution is -2.15. The van der Waals surface area contributed by atoms with E-state index in [9.17, 15) is 14.4 Å². The average molecular weight is 407 g/mol. The quantitative estimate of drug-likeness (QED) is 0.720. The first-order valence-corrected chi connectivity index (χ1v) is 9.62. The summed E-state index contributed by atoms with van der Waals surface area (Å²) in [6, 6.07) is 5.23. The van der Waals surface area contributed by atoms with Crippen LogP contribution in [0.25, 0.3) is 0 Å². The lowest BCUT2D eigenvalue weighted by molar-refractivity contribution is -0.117. The van der Waals surface area contributed by atoms with Gasteiger partial charge in [-0.2, -0.15) is 0 Å². The molecule has 1 heterocycles. The summed E-state index contributed by atoms with van der Waals surface area (Å²) in [6.45, 7) is 3.47. The molecule has 0 aliphatic heterocycles. The van der Waals surface area contributed by atoms with Crippen LogP contribution >= 0.6 is 22.9 Å². The first-order chi connectivity index (χ1) is 12.8. The van der Waals surface area contributed by atoms with Gasteiger partial charge in [0.15, 0.2) is 0 Å². The molecule has 0 spiro atoms. The number of anilines is 2. The van der Waals surface area contributed by atoms with Gasteiger partial charge >= 0.3 is 5.97 Å². The number of nitrogens with one attached hydrogen (secondary N) is 2. The number of esters is 1. The molecule has 2 amide bonds. The molecular formula is C19H19ClN2O4S. The zero-order valence-electron chi connectivity index (χ0n) is 15.1. The molecule has 2 N–H and O–H groups in total. The molecule has 0 atom stereocenters. The molecular weight excluding hydrogens is 388 g/mol. The third-order valence-corrected chi connectivity index (χ3v) is 6.06. The molecule has 1 aliphatic carbocycles. The normalized spacial score (nSPS) is 13.2. The molecule has 2 aromatic rings. The molecule has 0 radical (unpaired) electrons. The fraction of sp³-hybridized carbons (Fsp3) is 0.316. The number of amides is 2. The van der Waals surface area contributed by atoms with Crippen molar-refractivity contribution >= 4 is 51.4 Å². The number of rotatable bonds is 5. The fourth-order valence-corrected chi connectivity index (χ4v) is 3.92. The highest BCUT2D eigenvalue weighted by Crippen LogP contribution is 2.37. The summed E-state index contributed by atoms with van der Waals surface area (Å²) in [5.74, 6) is -1.13. The Bertz CT molecular complexity index is 934. The van der Waals surface area contributed by atoms with Gasteiger partial charge in [0, 0.05) is 16.6 Å². The van der Waals surface area contributed by atoms with Gasteiger partial charge in [0.05, 0.1) is 17.6 Å². The van der Waals surface area contributed by atoms with Crippen LogP contribution in [0.1, 0.15) is 44.0 Å². The Hall–Kier alpha value is -2.38. The zero-order valence-corrected chi connectivity index (χ0v) is 16.7. The van der Waals surface area contributed by atoms with E-state index >= 15 is 0 Å². The van der Waals surface area contributed by atoms with E-state index in [0.29, 0.717) is 26.2 Å². The van der Waals surface area contributed by atoms with Crippen LogP contribution in [0.3, 0.4) is 0 Å². The molecule has 0 saturated heterocycles. The summed E-state index contributed by atoms with van der Waals surface area (Å²) in [5, 5.41) is 6.46. The summed E-state index contributed by atoms with van der Waals surface area (Å²) >= 11 is 7.16. The Morgan fingerprint density at radius 3 is 2.48 bits per heavy atom. The second-order valence-electron chi connectivity index (χ2n) is 6.38. The molecule has 1 fully saturated rings. The Labute approximate surface area is 165 Å². The maximum absolute atomic E-state index is 12.8. The van der Waals surface area contributed by atoms with Crippen molar-refractivity contribution < 1.29 is 19.1 Å². The van der Waals surface area contributed by atoms with E-state index < -0.39 is 5.97 Å². The van der Waals surface area contributed by atoms with E-state index in [1.54, 1.807) is 32.0 Å². The van der Waals surface area contributed by atoms with Crippen LogP contribution in [0.4, 0.5) is 10.7 Å². The van der Waals surface area contributed by atoms with E-state index in [-0.39, 0.29) is 23.3 Å². The number of carbonyl (C=O) groups excluding carboxylic acids is 3. The van der Waals surface area contributed by atoms with Gasteiger partial charge in [0.1, 0.15) is 5.00 Å². The van der Waals surface area contributed by atoms with Gasteiger partial charge in [0.2, 0.25) is 5.91 Å². The third-order valence-electron chi connectivity index (χ3n) is 4.44. The van der Waals surface area contributed by atoms with Gasteiger partial charge in [-0.3, -0.25) is 9.59 Å². The second-order valence-corrected chi connectivity index (χ2v) is 7.81. The molecule has 142 valence electrons. The summed E-state index contributed by atoms with van der Waals surface area (Å²) in [5.41, 5.74) is 2.01. The molecule has 1 saturated carbocycles. The molecule has 27 heavy (non-hydrogen) atoms. The van der Waals surface area contributed by atoms with Crippen molar-refractivity contribution in [3.8, 4) is 0 Å². The van der Waals surface area contributed by atoms with E-state index in [2.05, 4.69) is 10.6 Å². The number of thiophene rings is 1. The number of ether oxygens (including phenoxy) is 1. The first kappa shape index (κ1) is 19.4. The monoisotopic (exact) mass is 406 g/mol. The van der Waals surface area contributed by atoms with Gasteiger partial charge < -0.3 is 15.4 Å².